The second kappa shape index (κ2) is 10.4. The highest BCUT2D eigenvalue weighted by atomic mass is 16.5. The summed E-state index contributed by atoms with van der Waals surface area (Å²) in [5.41, 5.74) is 1.19. The Hall–Kier alpha value is -2.57. The molecule has 142 valence electrons. The lowest BCUT2D eigenvalue weighted by molar-refractivity contribution is 0.230. The van der Waals surface area contributed by atoms with Gasteiger partial charge in [-0.05, 0) is 38.5 Å². The van der Waals surface area contributed by atoms with Crippen LogP contribution in [0.2, 0.25) is 0 Å². The Morgan fingerprint density at radius 1 is 1.31 bits per heavy atom. The smallest absolute Gasteiger partial charge is 0.191 e. The van der Waals surface area contributed by atoms with Gasteiger partial charge in [-0.1, -0.05) is 19.1 Å². The van der Waals surface area contributed by atoms with Gasteiger partial charge in [-0.25, -0.2) is 4.99 Å². The van der Waals surface area contributed by atoms with Crippen molar-refractivity contribution in [2.24, 2.45) is 4.99 Å². The summed E-state index contributed by atoms with van der Waals surface area (Å²) in [4.78, 5) is 4.62. The van der Waals surface area contributed by atoms with Gasteiger partial charge >= 0.3 is 0 Å². The van der Waals surface area contributed by atoms with E-state index in [1.165, 1.54) is 5.56 Å². The lowest BCUT2D eigenvalue weighted by atomic mass is 10.2. The molecule has 0 saturated heterocycles. The number of rotatable bonds is 9. The Kier molecular flexibility index (Phi) is 7.92. The van der Waals surface area contributed by atoms with Crippen molar-refractivity contribution in [3.8, 4) is 5.75 Å². The molecule has 0 spiro atoms. The van der Waals surface area contributed by atoms with Gasteiger partial charge in [-0.2, -0.15) is 0 Å². The SMILES string of the molecule is CCNC(=NCC(C)Oc1cccc(C)c1)NCCn1cnnc1CC. The predicted octanol–water partition coefficient (Wildman–Crippen LogP) is 2.17. The first kappa shape index (κ1) is 19.8. The molecule has 2 rings (SSSR count). The molecule has 7 heteroatoms. The standard InChI is InChI=1S/C19H30N6O/c1-5-18-24-23-14-25(18)11-10-21-19(20-6-2)22-13-16(4)26-17-9-7-8-15(3)12-17/h7-9,12,14,16H,5-6,10-11,13H2,1-4H3,(H2,20,21,22). The largest absolute Gasteiger partial charge is 0.489 e. The van der Waals surface area contributed by atoms with E-state index in [0.717, 1.165) is 43.6 Å². The van der Waals surface area contributed by atoms with E-state index < -0.39 is 0 Å². The molecule has 7 nitrogen and oxygen atoms in total. The van der Waals surface area contributed by atoms with Crippen LogP contribution in [-0.2, 0) is 13.0 Å². The van der Waals surface area contributed by atoms with E-state index in [1.54, 1.807) is 6.33 Å². The van der Waals surface area contributed by atoms with Crippen molar-refractivity contribution in [2.75, 3.05) is 19.6 Å². The van der Waals surface area contributed by atoms with Crippen LogP contribution in [0.3, 0.4) is 0 Å². The monoisotopic (exact) mass is 358 g/mol. The highest BCUT2D eigenvalue weighted by molar-refractivity contribution is 5.79. The minimum absolute atomic E-state index is 0.00296. The summed E-state index contributed by atoms with van der Waals surface area (Å²) in [6, 6.07) is 8.07. The number of ether oxygens (including phenoxy) is 1. The van der Waals surface area contributed by atoms with Gasteiger partial charge in [0.2, 0.25) is 0 Å². The van der Waals surface area contributed by atoms with Crippen LogP contribution in [-0.4, -0.2) is 46.5 Å². The van der Waals surface area contributed by atoms with E-state index in [-0.39, 0.29) is 6.10 Å². The van der Waals surface area contributed by atoms with E-state index in [9.17, 15) is 0 Å². The summed E-state index contributed by atoms with van der Waals surface area (Å²) in [6.45, 7) is 11.2. The van der Waals surface area contributed by atoms with Crippen LogP contribution in [0.15, 0.2) is 35.6 Å². The molecule has 1 aromatic heterocycles. The first-order valence-corrected chi connectivity index (χ1v) is 9.24. The van der Waals surface area contributed by atoms with Crippen molar-refractivity contribution in [3.63, 3.8) is 0 Å². The molecule has 0 aliphatic rings. The second-order valence-electron chi connectivity index (χ2n) is 6.19. The van der Waals surface area contributed by atoms with Crippen LogP contribution < -0.4 is 15.4 Å². The van der Waals surface area contributed by atoms with Crippen molar-refractivity contribution < 1.29 is 4.74 Å². The third-order valence-electron chi connectivity index (χ3n) is 3.83. The van der Waals surface area contributed by atoms with Gasteiger partial charge < -0.3 is 19.9 Å². The van der Waals surface area contributed by atoms with Crippen LogP contribution in [0.5, 0.6) is 5.75 Å². The van der Waals surface area contributed by atoms with Gasteiger partial charge in [-0.3, -0.25) is 0 Å². The molecule has 1 atom stereocenters. The van der Waals surface area contributed by atoms with Crippen molar-refractivity contribution in [3.05, 3.63) is 42.0 Å². The summed E-state index contributed by atoms with van der Waals surface area (Å²) < 4.78 is 7.99. The molecule has 0 aliphatic heterocycles. The number of aryl methyl sites for hydroxylation is 2. The summed E-state index contributed by atoms with van der Waals surface area (Å²) in [6.07, 6.45) is 2.64. The van der Waals surface area contributed by atoms with Gasteiger partial charge in [0.15, 0.2) is 5.96 Å². The third-order valence-corrected chi connectivity index (χ3v) is 3.83. The molecule has 0 aliphatic carbocycles. The summed E-state index contributed by atoms with van der Waals surface area (Å²) >= 11 is 0. The van der Waals surface area contributed by atoms with E-state index in [2.05, 4.69) is 57.2 Å². The third kappa shape index (κ3) is 6.38. The molecule has 1 unspecified atom stereocenters. The lowest BCUT2D eigenvalue weighted by Crippen LogP contribution is -2.39. The van der Waals surface area contributed by atoms with Crippen LogP contribution in [0.25, 0.3) is 0 Å². The topological polar surface area (TPSA) is 76.4 Å². The molecule has 2 N–H and O–H groups in total. The van der Waals surface area contributed by atoms with Crippen LogP contribution in [0, 0.1) is 6.92 Å². The van der Waals surface area contributed by atoms with Crippen LogP contribution in [0.4, 0.5) is 0 Å². The van der Waals surface area contributed by atoms with Gasteiger partial charge in [-0.15, -0.1) is 10.2 Å². The second-order valence-corrected chi connectivity index (χ2v) is 6.19. The van der Waals surface area contributed by atoms with Crippen LogP contribution in [0.1, 0.15) is 32.2 Å². The average molecular weight is 358 g/mol. The van der Waals surface area contributed by atoms with Crippen LogP contribution >= 0.6 is 0 Å². The van der Waals surface area contributed by atoms with Gasteiger partial charge in [0.25, 0.3) is 0 Å². The Morgan fingerprint density at radius 3 is 2.88 bits per heavy atom. The molecule has 0 saturated carbocycles. The maximum Gasteiger partial charge on any atom is 0.191 e. The first-order chi connectivity index (χ1) is 12.6. The quantitative estimate of drug-likeness (QED) is 0.531. The Labute approximate surface area is 155 Å². The first-order valence-electron chi connectivity index (χ1n) is 9.24. The Balaban J connectivity index is 1.83. The van der Waals surface area contributed by atoms with E-state index in [0.29, 0.717) is 6.54 Å². The Morgan fingerprint density at radius 2 is 2.15 bits per heavy atom. The van der Waals surface area contributed by atoms with E-state index >= 15 is 0 Å². The van der Waals surface area contributed by atoms with Crippen molar-refractivity contribution >= 4 is 5.96 Å². The predicted molar refractivity (Wildman–Crippen MR) is 105 cm³/mol. The number of benzene rings is 1. The van der Waals surface area contributed by atoms with Crippen molar-refractivity contribution in [2.45, 2.75) is 46.8 Å². The normalized spacial score (nSPS) is 12.7. The number of nitrogens with zero attached hydrogens (tertiary/aromatic N) is 4. The molecule has 26 heavy (non-hydrogen) atoms. The summed E-state index contributed by atoms with van der Waals surface area (Å²) in [5.74, 6) is 2.66. The minimum Gasteiger partial charge on any atom is -0.489 e. The maximum atomic E-state index is 5.93. The maximum absolute atomic E-state index is 5.93. The molecule has 0 fully saturated rings. The zero-order chi connectivity index (χ0) is 18.8. The fourth-order valence-electron chi connectivity index (χ4n) is 2.55. The highest BCUT2D eigenvalue weighted by Gasteiger charge is 2.06. The highest BCUT2D eigenvalue weighted by Crippen LogP contribution is 2.14. The molecule has 2 aromatic rings. The van der Waals surface area contributed by atoms with Gasteiger partial charge in [0.1, 0.15) is 24.0 Å². The zero-order valence-corrected chi connectivity index (χ0v) is 16.2. The van der Waals surface area contributed by atoms with Gasteiger partial charge in [0, 0.05) is 26.1 Å². The zero-order valence-electron chi connectivity index (χ0n) is 16.2. The summed E-state index contributed by atoms with van der Waals surface area (Å²) in [7, 11) is 0. The fraction of sp³-hybridized carbons (Fsp3) is 0.526. The number of hydrogen-bond acceptors (Lipinski definition) is 4. The molecule has 0 bridgehead atoms. The average Bonchev–Trinajstić information content (AvgIpc) is 3.07. The number of guanidine groups is 1. The van der Waals surface area contributed by atoms with E-state index in [1.807, 2.05) is 25.1 Å². The van der Waals surface area contributed by atoms with Crippen molar-refractivity contribution in [1.82, 2.24) is 25.4 Å². The number of aromatic nitrogens is 3. The number of hydrogen-bond donors (Lipinski definition) is 2. The minimum atomic E-state index is -0.00296. The van der Waals surface area contributed by atoms with Crippen molar-refractivity contribution in [1.29, 1.82) is 0 Å². The molecular formula is C19H30N6O. The van der Waals surface area contributed by atoms with Gasteiger partial charge in [0.05, 0.1) is 6.54 Å². The molecule has 1 heterocycles. The molecule has 0 amide bonds. The molecule has 1 aromatic carbocycles. The molecule has 0 radical (unpaired) electrons. The van der Waals surface area contributed by atoms with E-state index in [4.69, 9.17) is 4.74 Å². The summed E-state index contributed by atoms with van der Waals surface area (Å²) in [5, 5.41) is 14.7. The lowest BCUT2D eigenvalue weighted by Gasteiger charge is -2.15. The Bertz CT molecular complexity index is 697. The number of aliphatic imine (C=N–C) groups is 1. The fourth-order valence-corrected chi connectivity index (χ4v) is 2.55. The number of nitrogens with one attached hydrogen (secondary N) is 2. The molecular weight excluding hydrogens is 328 g/mol.